The van der Waals surface area contributed by atoms with Crippen LogP contribution in [0.25, 0.3) is 16.6 Å². The molecule has 1 amide bonds. The Labute approximate surface area is 348 Å². The molecule has 0 atom stereocenters. The number of anilines is 2. The number of carbonyl (C=O) groups excluding carboxylic acids is 1. The van der Waals surface area contributed by atoms with E-state index in [1.165, 1.54) is 23.1 Å². The van der Waals surface area contributed by atoms with E-state index < -0.39 is 15.9 Å². The van der Waals surface area contributed by atoms with Crippen molar-refractivity contribution < 1.29 is 17.9 Å². The van der Waals surface area contributed by atoms with Crippen LogP contribution in [0.1, 0.15) is 73.0 Å². The van der Waals surface area contributed by atoms with E-state index in [2.05, 4.69) is 86.8 Å². The Morgan fingerprint density at radius 2 is 1.68 bits per heavy atom. The predicted octanol–water partition coefficient (Wildman–Crippen LogP) is 8.38. The number of hydrogen-bond acceptors (Lipinski definition) is 9. The highest BCUT2D eigenvalue weighted by molar-refractivity contribution is 7.90. The van der Waals surface area contributed by atoms with Gasteiger partial charge in [-0.2, -0.15) is 0 Å². The summed E-state index contributed by atoms with van der Waals surface area (Å²) in [5.74, 6) is -0.0657. The fourth-order valence-electron chi connectivity index (χ4n) is 8.69. The van der Waals surface area contributed by atoms with Crippen LogP contribution in [0.3, 0.4) is 0 Å². The topological polar surface area (TPSA) is 123 Å². The highest BCUT2D eigenvalue weighted by atomic mass is 32.2. The van der Waals surface area contributed by atoms with Crippen molar-refractivity contribution >= 4 is 43.9 Å². The Morgan fingerprint density at radius 3 is 2.42 bits per heavy atom. The van der Waals surface area contributed by atoms with Crippen molar-refractivity contribution in [3.05, 3.63) is 113 Å². The van der Waals surface area contributed by atoms with Crippen LogP contribution < -0.4 is 19.7 Å². The predicted molar refractivity (Wildman–Crippen MR) is 237 cm³/mol. The largest absolute Gasteiger partial charge is 0.454 e. The molecule has 2 aliphatic heterocycles. The van der Waals surface area contributed by atoms with Crippen LogP contribution >= 0.6 is 0 Å². The molecule has 310 valence electrons. The van der Waals surface area contributed by atoms with Crippen molar-refractivity contribution in [3.63, 3.8) is 0 Å². The summed E-state index contributed by atoms with van der Waals surface area (Å²) < 4.78 is 36.2. The number of piperidine rings is 1. The van der Waals surface area contributed by atoms with Crippen molar-refractivity contribution in [2.24, 2.45) is 5.41 Å². The molecule has 3 N–H and O–H groups in total. The number of aromatic nitrogens is 2. The molecule has 0 bridgehead atoms. The molecule has 12 heteroatoms. The van der Waals surface area contributed by atoms with Crippen molar-refractivity contribution in [1.82, 2.24) is 24.5 Å². The fourth-order valence-corrected chi connectivity index (χ4v) is 9.75. The summed E-state index contributed by atoms with van der Waals surface area (Å²) in [4.78, 5) is 28.7. The first-order valence-corrected chi connectivity index (χ1v) is 22.4. The highest BCUT2D eigenvalue weighted by Crippen LogP contribution is 2.43. The minimum atomic E-state index is -4.21. The third-order valence-electron chi connectivity index (χ3n) is 12.4. The molecular weight excluding hydrogens is 759 g/mol. The van der Waals surface area contributed by atoms with Gasteiger partial charge in [0.2, 0.25) is 0 Å². The van der Waals surface area contributed by atoms with Gasteiger partial charge in [-0.1, -0.05) is 55.3 Å². The second-order valence-electron chi connectivity index (χ2n) is 17.5. The van der Waals surface area contributed by atoms with Gasteiger partial charge in [0.25, 0.3) is 15.9 Å². The normalized spacial score (nSPS) is 18.3. The third-order valence-corrected chi connectivity index (χ3v) is 13.7. The molecule has 0 saturated carbocycles. The lowest BCUT2D eigenvalue weighted by atomic mass is 9.72. The molecule has 3 aliphatic rings. The minimum absolute atomic E-state index is 0.0224. The maximum Gasteiger partial charge on any atom is 0.268 e. The average molecular weight is 816 g/mol. The van der Waals surface area contributed by atoms with Gasteiger partial charge >= 0.3 is 0 Å². The molecule has 59 heavy (non-hydrogen) atoms. The van der Waals surface area contributed by atoms with Gasteiger partial charge in [0.15, 0.2) is 5.75 Å². The zero-order valence-electron chi connectivity index (χ0n) is 35.0. The first-order valence-electron chi connectivity index (χ1n) is 20.9. The molecule has 8 rings (SSSR count). The number of hydrogen-bond donors (Lipinski definition) is 3. The van der Waals surface area contributed by atoms with Crippen molar-refractivity contribution in [3.8, 4) is 11.5 Å². The van der Waals surface area contributed by atoms with Crippen LogP contribution in [0.5, 0.6) is 11.5 Å². The Hall–Kier alpha value is -5.17. The number of carbonyl (C=O) groups is 1. The number of fused-ring (bicyclic) bond motifs is 1. The van der Waals surface area contributed by atoms with Gasteiger partial charge in [-0.15, -0.1) is 0 Å². The zero-order valence-corrected chi connectivity index (χ0v) is 35.8. The number of sulfonamides is 1. The molecule has 2 saturated heterocycles. The quantitative estimate of drug-likeness (QED) is 0.121. The maximum atomic E-state index is 14.0. The number of nitrogens with zero attached hydrogens (tertiary/aromatic N) is 4. The van der Waals surface area contributed by atoms with Crippen molar-refractivity contribution in [1.29, 1.82) is 0 Å². The smallest absolute Gasteiger partial charge is 0.268 e. The monoisotopic (exact) mass is 815 g/mol. The van der Waals surface area contributed by atoms with Crippen molar-refractivity contribution in [2.45, 2.75) is 70.7 Å². The Balaban J connectivity index is 1.000. The van der Waals surface area contributed by atoms with Crippen LogP contribution in [0.2, 0.25) is 0 Å². The average Bonchev–Trinajstić information content (AvgIpc) is 3.71. The van der Waals surface area contributed by atoms with E-state index in [0.29, 0.717) is 17.3 Å². The van der Waals surface area contributed by atoms with E-state index in [0.717, 1.165) is 94.0 Å². The first-order chi connectivity index (χ1) is 28.3. The Bertz CT molecular complexity index is 2460. The van der Waals surface area contributed by atoms with Crippen LogP contribution in [0.4, 0.5) is 11.4 Å². The zero-order chi connectivity index (χ0) is 41.3. The number of aromatic amines is 1. The SMILES string of the molecule is Cc1ccc(C2=C(CN3CCN(c4ccc(C(=O)NS(=O)(=O)c5ccc(NC6CCN(C)CC6)c(C)c5)c(Oc5cccc6[nH]cnc56)c4)CC3)CCC(C)(C)C2)cc1. The molecule has 0 radical (unpaired) electrons. The van der Waals surface area contributed by atoms with Crippen LogP contribution in [0.15, 0.2) is 95.7 Å². The van der Waals surface area contributed by atoms with Gasteiger partial charge in [-0.3, -0.25) is 9.69 Å². The molecule has 3 heterocycles. The number of rotatable bonds is 11. The van der Waals surface area contributed by atoms with E-state index in [-0.39, 0.29) is 21.6 Å². The molecular formula is C47H57N7O4S. The van der Waals surface area contributed by atoms with Crippen LogP contribution in [-0.4, -0.2) is 93.0 Å². The highest BCUT2D eigenvalue weighted by Gasteiger charge is 2.30. The fraction of sp³-hybridized carbons (Fsp3) is 0.404. The van der Waals surface area contributed by atoms with Gasteiger partial charge < -0.3 is 24.8 Å². The van der Waals surface area contributed by atoms with Crippen LogP contribution in [0, 0.1) is 19.3 Å². The lowest BCUT2D eigenvalue weighted by molar-refractivity contribution is 0.0979. The molecule has 4 aromatic carbocycles. The van der Waals surface area contributed by atoms with Gasteiger partial charge in [-0.25, -0.2) is 18.1 Å². The van der Waals surface area contributed by atoms with E-state index in [9.17, 15) is 13.2 Å². The van der Waals surface area contributed by atoms with Crippen LogP contribution in [-0.2, 0) is 10.0 Å². The number of allylic oxidation sites excluding steroid dienone is 1. The standard InChI is InChI=1S/C47H57N7O4S/c1-32-9-11-34(12-10-32)40-29-47(3,4)20-17-35(40)30-53-23-25-54(26-24-53)37-13-15-39(44(28-37)58-43-8-6-7-42-45(43)49-31-48-42)46(55)51-59(56,57)38-14-16-41(33(2)27-38)50-36-18-21-52(5)22-19-36/h6-16,27-28,31,36,50H,17-26,29-30H2,1-5H3,(H,48,49)(H,51,55). The molecule has 0 unspecified atom stereocenters. The molecule has 1 aromatic heterocycles. The Morgan fingerprint density at radius 1 is 0.915 bits per heavy atom. The van der Waals surface area contributed by atoms with E-state index in [1.54, 1.807) is 42.2 Å². The number of likely N-dealkylation sites (tertiary alicyclic amines) is 1. The number of imidazole rings is 1. The molecule has 2 fully saturated rings. The summed E-state index contributed by atoms with van der Waals surface area (Å²) in [6, 6.07) is 25.2. The summed E-state index contributed by atoms with van der Waals surface area (Å²) in [5, 5.41) is 3.58. The van der Waals surface area contributed by atoms with E-state index >= 15 is 0 Å². The number of ether oxygens (including phenoxy) is 1. The molecule has 5 aromatic rings. The summed E-state index contributed by atoms with van der Waals surface area (Å²) in [6.45, 7) is 15.2. The maximum absolute atomic E-state index is 14.0. The minimum Gasteiger partial charge on any atom is -0.454 e. The molecule has 11 nitrogen and oxygen atoms in total. The van der Waals surface area contributed by atoms with Gasteiger partial charge in [0.1, 0.15) is 11.3 Å². The van der Waals surface area contributed by atoms with Gasteiger partial charge in [0, 0.05) is 56.2 Å². The number of amides is 1. The summed E-state index contributed by atoms with van der Waals surface area (Å²) in [6.07, 6.45) is 7.03. The number of piperazine rings is 1. The summed E-state index contributed by atoms with van der Waals surface area (Å²) >= 11 is 0. The van der Waals surface area contributed by atoms with Gasteiger partial charge in [0.05, 0.1) is 22.3 Å². The Kier molecular flexibility index (Phi) is 11.6. The van der Waals surface area contributed by atoms with E-state index in [1.807, 2.05) is 31.2 Å². The lowest BCUT2D eigenvalue weighted by Gasteiger charge is -2.39. The second-order valence-corrected chi connectivity index (χ2v) is 19.2. The van der Waals surface area contributed by atoms with Gasteiger partial charge in [-0.05, 0) is 131 Å². The first kappa shape index (κ1) is 40.6. The number of benzene rings is 4. The number of H-pyrrole nitrogens is 1. The number of para-hydroxylation sites is 1. The molecule has 0 spiro atoms. The second kappa shape index (κ2) is 16.8. The van der Waals surface area contributed by atoms with E-state index in [4.69, 9.17) is 4.74 Å². The number of nitrogens with one attached hydrogen (secondary N) is 3. The van der Waals surface area contributed by atoms with Crippen molar-refractivity contribution in [2.75, 3.05) is 63.1 Å². The summed E-state index contributed by atoms with van der Waals surface area (Å²) in [7, 11) is -2.08. The molecule has 1 aliphatic carbocycles. The summed E-state index contributed by atoms with van der Waals surface area (Å²) in [5.41, 5.74) is 10.0. The third kappa shape index (κ3) is 9.35. The number of aryl methyl sites for hydroxylation is 2. The lowest BCUT2D eigenvalue weighted by Crippen LogP contribution is -2.47.